The number of hydrogen-bond acceptors (Lipinski definition) is 5. The quantitative estimate of drug-likeness (QED) is 0.861. The molecule has 4 rings (SSSR count). The zero-order valence-electron chi connectivity index (χ0n) is 14.1. The second-order valence-corrected chi connectivity index (χ2v) is 7.87. The smallest absolute Gasteiger partial charge is 0.263 e. The van der Waals surface area contributed by atoms with Crippen LogP contribution in [0.25, 0.3) is 0 Å². The van der Waals surface area contributed by atoms with Gasteiger partial charge in [0.05, 0.1) is 4.88 Å². The summed E-state index contributed by atoms with van der Waals surface area (Å²) in [5.41, 5.74) is 1.17. The fourth-order valence-corrected chi connectivity index (χ4v) is 5.10. The van der Waals surface area contributed by atoms with Crippen molar-refractivity contribution >= 4 is 23.1 Å². The molecule has 5 nitrogen and oxygen atoms in total. The van der Waals surface area contributed by atoms with Gasteiger partial charge >= 0.3 is 0 Å². The van der Waals surface area contributed by atoms with Gasteiger partial charge in [0, 0.05) is 38.3 Å². The van der Waals surface area contributed by atoms with Crippen molar-refractivity contribution in [3.63, 3.8) is 0 Å². The molecule has 1 saturated heterocycles. The fourth-order valence-electron chi connectivity index (χ4n) is 4.23. The Kier molecular flexibility index (Phi) is 4.00. The zero-order valence-corrected chi connectivity index (χ0v) is 14.9. The molecule has 3 atom stereocenters. The van der Waals surface area contributed by atoms with Gasteiger partial charge in [0.2, 0.25) is 0 Å². The molecule has 0 spiro atoms. The third-order valence-corrected chi connectivity index (χ3v) is 6.50. The zero-order chi connectivity index (χ0) is 16.7. The van der Waals surface area contributed by atoms with Crippen molar-refractivity contribution in [1.29, 1.82) is 0 Å². The summed E-state index contributed by atoms with van der Waals surface area (Å²) >= 11 is 1.56. The third-order valence-electron chi connectivity index (χ3n) is 5.46. The summed E-state index contributed by atoms with van der Waals surface area (Å²) in [6, 6.07) is 6.38. The van der Waals surface area contributed by atoms with Gasteiger partial charge in [-0.25, -0.2) is 0 Å². The van der Waals surface area contributed by atoms with E-state index in [1.54, 1.807) is 17.5 Å². The summed E-state index contributed by atoms with van der Waals surface area (Å²) in [6.45, 7) is 3.79. The van der Waals surface area contributed by atoms with E-state index in [2.05, 4.69) is 32.4 Å². The Morgan fingerprint density at radius 1 is 1.38 bits per heavy atom. The van der Waals surface area contributed by atoms with E-state index < -0.39 is 0 Å². The van der Waals surface area contributed by atoms with Crippen LogP contribution in [-0.2, 0) is 0 Å². The molecule has 126 valence electrons. The van der Waals surface area contributed by atoms with Crippen molar-refractivity contribution in [3.05, 3.63) is 40.2 Å². The average Bonchev–Trinajstić information content (AvgIpc) is 3.29. The molecule has 1 aliphatic heterocycles. The van der Waals surface area contributed by atoms with Gasteiger partial charge in [-0.05, 0) is 54.8 Å². The van der Waals surface area contributed by atoms with Crippen LogP contribution in [0, 0.1) is 18.8 Å². The molecule has 2 aromatic heterocycles. The van der Waals surface area contributed by atoms with Crippen molar-refractivity contribution in [3.8, 4) is 0 Å². The fraction of sp³-hybridized carbons (Fsp3) is 0.500. The first-order valence-electron chi connectivity index (χ1n) is 8.48. The minimum Gasteiger partial charge on any atom is -0.355 e. The number of aryl methyl sites for hydroxylation is 1. The maximum absolute atomic E-state index is 12.7. The molecule has 2 aliphatic rings. The summed E-state index contributed by atoms with van der Waals surface area (Å²) < 4.78 is 0. The van der Waals surface area contributed by atoms with Crippen LogP contribution >= 0.6 is 11.3 Å². The molecule has 1 saturated carbocycles. The van der Waals surface area contributed by atoms with Crippen LogP contribution in [-0.4, -0.2) is 47.2 Å². The first-order valence-corrected chi connectivity index (χ1v) is 9.36. The van der Waals surface area contributed by atoms with E-state index in [1.165, 1.54) is 18.4 Å². The third kappa shape index (κ3) is 2.69. The first-order chi connectivity index (χ1) is 11.6. The number of rotatable bonds is 3. The van der Waals surface area contributed by atoms with Crippen LogP contribution in [0.3, 0.4) is 0 Å². The predicted molar refractivity (Wildman–Crippen MR) is 95.4 cm³/mol. The van der Waals surface area contributed by atoms with E-state index in [9.17, 15) is 4.79 Å². The Hall–Kier alpha value is -1.95. The van der Waals surface area contributed by atoms with Crippen LogP contribution in [0.1, 0.15) is 28.1 Å². The summed E-state index contributed by atoms with van der Waals surface area (Å²) in [6.07, 6.45) is 4.06. The van der Waals surface area contributed by atoms with E-state index in [-0.39, 0.29) is 5.91 Å². The standard InChI is InChI=1S/C18H22N4OS/c1-12-8-16(24-11-12)18(23)22-9-13-5-6-15(14(13)10-22)21(2)17-4-3-7-19-20-17/h3-4,7-8,11,13-15H,5-6,9-10H2,1-2H3/t13-,14+,15-/m1/s1. The Balaban J connectivity index is 1.48. The Morgan fingerprint density at radius 2 is 2.25 bits per heavy atom. The van der Waals surface area contributed by atoms with Gasteiger partial charge in [-0.2, -0.15) is 5.10 Å². The largest absolute Gasteiger partial charge is 0.355 e. The number of fused-ring (bicyclic) bond motifs is 1. The first kappa shape index (κ1) is 15.6. The number of carbonyl (C=O) groups is 1. The molecular formula is C18H22N4OS. The lowest BCUT2D eigenvalue weighted by atomic mass is 9.97. The van der Waals surface area contributed by atoms with E-state index in [1.807, 2.05) is 25.1 Å². The summed E-state index contributed by atoms with van der Waals surface area (Å²) in [5.74, 6) is 2.26. The van der Waals surface area contributed by atoms with Gasteiger partial charge in [-0.3, -0.25) is 4.79 Å². The number of aromatic nitrogens is 2. The summed E-state index contributed by atoms with van der Waals surface area (Å²) in [7, 11) is 2.10. The topological polar surface area (TPSA) is 49.3 Å². The van der Waals surface area contributed by atoms with Crippen LogP contribution in [0.5, 0.6) is 0 Å². The number of anilines is 1. The number of hydrogen-bond donors (Lipinski definition) is 0. The van der Waals surface area contributed by atoms with Gasteiger partial charge in [0.25, 0.3) is 5.91 Å². The molecule has 0 unspecified atom stereocenters. The van der Waals surface area contributed by atoms with E-state index in [4.69, 9.17) is 0 Å². The van der Waals surface area contributed by atoms with Crippen molar-refractivity contribution in [1.82, 2.24) is 15.1 Å². The molecule has 0 bridgehead atoms. The SMILES string of the molecule is Cc1csc(C(=O)N2C[C@H]3CC[C@@H](N(C)c4cccnn4)[C@H]3C2)c1. The molecule has 2 aromatic rings. The molecule has 2 fully saturated rings. The van der Waals surface area contributed by atoms with Crippen molar-refractivity contribution in [2.45, 2.75) is 25.8 Å². The second-order valence-electron chi connectivity index (χ2n) is 6.96. The highest BCUT2D eigenvalue weighted by molar-refractivity contribution is 7.12. The molecular weight excluding hydrogens is 320 g/mol. The van der Waals surface area contributed by atoms with Crippen molar-refractivity contribution in [2.75, 3.05) is 25.0 Å². The molecule has 1 amide bonds. The van der Waals surface area contributed by atoms with Crippen molar-refractivity contribution in [2.24, 2.45) is 11.8 Å². The van der Waals surface area contributed by atoms with Crippen LogP contribution < -0.4 is 4.90 Å². The van der Waals surface area contributed by atoms with E-state index in [0.29, 0.717) is 17.9 Å². The number of nitrogens with zero attached hydrogens (tertiary/aromatic N) is 4. The van der Waals surface area contributed by atoms with Gasteiger partial charge in [-0.1, -0.05) is 0 Å². The van der Waals surface area contributed by atoms with Crippen LogP contribution in [0.4, 0.5) is 5.82 Å². The van der Waals surface area contributed by atoms with Crippen LogP contribution in [0.2, 0.25) is 0 Å². The van der Waals surface area contributed by atoms with Gasteiger partial charge in [0.15, 0.2) is 5.82 Å². The average molecular weight is 342 g/mol. The van der Waals surface area contributed by atoms with E-state index in [0.717, 1.165) is 23.8 Å². The number of amides is 1. The molecule has 1 aliphatic carbocycles. The maximum Gasteiger partial charge on any atom is 0.263 e. The molecule has 3 heterocycles. The highest BCUT2D eigenvalue weighted by atomic mass is 32.1. The highest BCUT2D eigenvalue weighted by Crippen LogP contribution is 2.41. The predicted octanol–water partition coefficient (Wildman–Crippen LogP) is 2.83. The number of likely N-dealkylation sites (tertiary alicyclic amines) is 1. The van der Waals surface area contributed by atoms with Crippen molar-refractivity contribution < 1.29 is 4.79 Å². The second kappa shape index (κ2) is 6.16. The molecule has 0 radical (unpaired) electrons. The number of thiophene rings is 1. The number of carbonyl (C=O) groups excluding carboxylic acids is 1. The lowest BCUT2D eigenvalue weighted by Gasteiger charge is -2.30. The van der Waals surface area contributed by atoms with Crippen LogP contribution in [0.15, 0.2) is 29.8 Å². The molecule has 6 heteroatoms. The molecule has 0 aromatic carbocycles. The maximum atomic E-state index is 12.7. The molecule has 24 heavy (non-hydrogen) atoms. The highest BCUT2D eigenvalue weighted by Gasteiger charge is 2.45. The minimum atomic E-state index is 0.198. The summed E-state index contributed by atoms with van der Waals surface area (Å²) in [5, 5.41) is 10.3. The van der Waals surface area contributed by atoms with Gasteiger partial charge in [0.1, 0.15) is 0 Å². The Morgan fingerprint density at radius 3 is 2.96 bits per heavy atom. The molecule has 0 N–H and O–H groups in total. The lowest BCUT2D eigenvalue weighted by Crippen LogP contribution is -2.39. The summed E-state index contributed by atoms with van der Waals surface area (Å²) in [4.78, 5) is 17.9. The monoisotopic (exact) mass is 342 g/mol. The Bertz CT molecular complexity index is 732. The minimum absolute atomic E-state index is 0.198. The van der Waals surface area contributed by atoms with E-state index >= 15 is 0 Å². The normalized spacial score (nSPS) is 25.8. The Labute approximate surface area is 146 Å². The van der Waals surface area contributed by atoms with Gasteiger partial charge in [-0.15, -0.1) is 16.4 Å². The lowest BCUT2D eigenvalue weighted by molar-refractivity contribution is 0.0784. The van der Waals surface area contributed by atoms with Gasteiger partial charge < -0.3 is 9.80 Å².